The van der Waals surface area contributed by atoms with E-state index >= 15 is 0 Å². The molecule has 1 aliphatic heterocycles. The topological polar surface area (TPSA) is 67.6 Å². The number of carbonyl (C=O) groups excluding carboxylic acids is 1. The highest BCUT2D eigenvalue weighted by Gasteiger charge is 2.14. The zero-order valence-electron chi connectivity index (χ0n) is 15.6. The van der Waals surface area contributed by atoms with Crippen LogP contribution in [0.1, 0.15) is 15.9 Å². The molecule has 1 amide bonds. The molecule has 0 aliphatic carbocycles. The Morgan fingerprint density at radius 1 is 1.11 bits per heavy atom. The van der Waals surface area contributed by atoms with E-state index in [-0.39, 0.29) is 5.91 Å². The number of para-hydroxylation sites is 2. The molecule has 0 unspecified atom stereocenters. The van der Waals surface area contributed by atoms with Gasteiger partial charge in [-0.1, -0.05) is 42.1 Å². The average Bonchev–Trinajstić information content (AvgIpc) is 3.16. The maximum Gasteiger partial charge on any atom is 0.257 e. The first-order chi connectivity index (χ1) is 13.8. The molecule has 1 fully saturated rings. The largest absolute Gasteiger partial charge is 0.431 e. The number of morpholine rings is 1. The van der Waals surface area contributed by atoms with E-state index in [1.165, 1.54) is 11.8 Å². The second-order valence-electron chi connectivity index (χ2n) is 6.60. The lowest BCUT2D eigenvalue weighted by molar-refractivity contribution is 0.0383. The van der Waals surface area contributed by atoms with Crippen molar-refractivity contribution in [2.45, 2.75) is 11.0 Å². The van der Waals surface area contributed by atoms with E-state index in [2.05, 4.69) is 15.2 Å². The lowest BCUT2D eigenvalue weighted by Gasteiger charge is -2.26. The molecule has 28 heavy (non-hydrogen) atoms. The Bertz CT molecular complexity index is 904. The standard InChI is InChI=1S/C21H23N3O3S/c25-20(22-9-10-24-11-13-26-14-12-24)17-6-2-1-5-16(17)15-28-21-23-18-7-3-4-8-19(18)27-21/h1-8H,9-15H2,(H,22,25). The number of thioether (sulfide) groups is 1. The molecular weight excluding hydrogens is 374 g/mol. The Labute approximate surface area is 168 Å². The summed E-state index contributed by atoms with van der Waals surface area (Å²) in [6.45, 7) is 4.86. The van der Waals surface area contributed by atoms with Gasteiger partial charge in [0.25, 0.3) is 11.1 Å². The highest BCUT2D eigenvalue weighted by Crippen LogP contribution is 2.27. The van der Waals surface area contributed by atoms with Gasteiger partial charge < -0.3 is 14.5 Å². The number of rotatable bonds is 7. The van der Waals surface area contributed by atoms with Gasteiger partial charge in [-0.3, -0.25) is 9.69 Å². The van der Waals surface area contributed by atoms with Crippen LogP contribution in [0.5, 0.6) is 0 Å². The van der Waals surface area contributed by atoms with Crippen LogP contribution in [0.25, 0.3) is 11.1 Å². The Balaban J connectivity index is 1.35. The van der Waals surface area contributed by atoms with E-state index < -0.39 is 0 Å². The SMILES string of the molecule is O=C(NCCN1CCOCC1)c1ccccc1CSc1nc2ccccc2o1. The van der Waals surface area contributed by atoms with Crippen LogP contribution in [0.15, 0.2) is 58.2 Å². The molecule has 0 bridgehead atoms. The molecule has 3 aromatic rings. The van der Waals surface area contributed by atoms with Crippen molar-refractivity contribution in [3.05, 3.63) is 59.7 Å². The first-order valence-corrected chi connectivity index (χ1v) is 10.4. The van der Waals surface area contributed by atoms with E-state index in [0.717, 1.165) is 49.5 Å². The fourth-order valence-corrected chi connectivity index (χ4v) is 4.01. The Kier molecular flexibility index (Phi) is 6.26. The molecule has 146 valence electrons. The summed E-state index contributed by atoms with van der Waals surface area (Å²) < 4.78 is 11.1. The van der Waals surface area contributed by atoms with Crippen LogP contribution in [0, 0.1) is 0 Å². The van der Waals surface area contributed by atoms with Crippen LogP contribution >= 0.6 is 11.8 Å². The number of amides is 1. The second kappa shape index (κ2) is 9.23. The summed E-state index contributed by atoms with van der Waals surface area (Å²) in [6.07, 6.45) is 0. The van der Waals surface area contributed by atoms with E-state index in [1.54, 1.807) is 0 Å². The van der Waals surface area contributed by atoms with Crippen molar-refractivity contribution in [3.63, 3.8) is 0 Å². The lowest BCUT2D eigenvalue weighted by Crippen LogP contribution is -2.41. The summed E-state index contributed by atoms with van der Waals surface area (Å²) in [4.78, 5) is 19.4. The highest BCUT2D eigenvalue weighted by atomic mass is 32.2. The predicted octanol–water partition coefficient (Wildman–Crippen LogP) is 3.18. The average molecular weight is 398 g/mol. The van der Waals surface area contributed by atoms with Crippen molar-refractivity contribution in [3.8, 4) is 0 Å². The van der Waals surface area contributed by atoms with Crippen molar-refractivity contribution in [2.24, 2.45) is 0 Å². The highest BCUT2D eigenvalue weighted by molar-refractivity contribution is 7.98. The van der Waals surface area contributed by atoms with Crippen LogP contribution in [-0.4, -0.2) is 55.2 Å². The van der Waals surface area contributed by atoms with Gasteiger partial charge >= 0.3 is 0 Å². The Hall–Kier alpha value is -2.35. The summed E-state index contributed by atoms with van der Waals surface area (Å²) in [5, 5.41) is 3.65. The van der Waals surface area contributed by atoms with Gasteiger partial charge in [-0.25, -0.2) is 4.98 Å². The second-order valence-corrected chi connectivity index (χ2v) is 7.53. The number of ether oxygens (including phenoxy) is 1. The molecule has 2 aromatic carbocycles. The summed E-state index contributed by atoms with van der Waals surface area (Å²) in [6, 6.07) is 15.4. The summed E-state index contributed by atoms with van der Waals surface area (Å²) >= 11 is 1.50. The van der Waals surface area contributed by atoms with Gasteiger partial charge in [0.15, 0.2) is 5.58 Å². The van der Waals surface area contributed by atoms with E-state index in [0.29, 0.717) is 23.1 Å². The number of nitrogens with one attached hydrogen (secondary N) is 1. The minimum absolute atomic E-state index is 0.0398. The Morgan fingerprint density at radius 2 is 1.89 bits per heavy atom. The molecular formula is C21H23N3O3S. The van der Waals surface area contributed by atoms with Crippen molar-refractivity contribution in [1.29, 1.82) is 0 Å². The summed E-state index contributed by atoms with van der Waals surface area (Å²) in [5.41, 5.74) is 3.30. The molecule has 1 aromatic heterocycles. The van der Waals surface area contributed by atoms with Gasteiger partial charge in [-0.15, -0.1) is 0 Å². The number of benzene rings is 2. The molecule has 0 radical (unpaired) electrons. The number of nitrogens with zero attached hydrogens (tertiary/aromatic N) is 2. The smallest absolute Gasteiger partial charge is 0.257 e. The van der Waals surface area contributed by atoms with Crippen LogP contribution in [0.4, 0.5) is 0 Å². The fraction of sp³-hybridized carbons (Fsp3) is 0.333. The van der Waals surface area contributed by atoms with Gasteiger partial charge in [0.2, 0.25) is 0 Å². The quantitative estimate of drug-likeness (QED) is 0.618. The zero-order chi connectivity index (χ0) is 19.2. The number of oxazole rings is 1. The van der Waals surface area contributed by atoms with Crippen LogP contribution in [0.2, 0.25) is 0 Å². The van der Waals surface area contributed by atoms with Crippen LogP contribution < -0.4 is 5.32 Å². The zero-order valence-corrected chi connectivity index (χ0v) is 16.4. The molecule has 4 rings (SSSR count). The van der Waals surface area contributed by atoms with E-state index in [1.807, 2.05) is 48.5 Å². The van der Waals surface area contributed by atoms with E-state index in [9.17, 15) is 4.79 Å². The summed E-state index contributed by atoms with van der Waals surface area (Å²) in [7, 11) is 0. The molecule has 6 nitrogen and oxygen atoms in total. The number of fused-ring (bicyclic) bond motifs is 1. The van der Waals surface area contributed by atoms with Crippen LogP contribution in [0.3, 0.4) is 0 Å². The number of hydrogen-bond acceptors (Lipinski definition) is 6. The molecule has 0 spiro atoms. The number of carbonyl (C=O) groups is 1. The molecule has 1 saturated heterocycles. The van der Waals surface area contributed by atoms with Gasteiger partial charge in [-0.05, 0) is 23.8 Å². The lowest BCUT2D eigenvalue weighted by atomic mass is 10.1. The van der Waals surface area contributed by atoms with Gasteiger partial charge in [0.05, 0.1) is 13.2 Å². The minimum atomic E-state index is -0.0398. The molecule has 1 aliphatic rings. The fourth-order valence-electron chi connectivity index (χ4n) is 3.17. The predicted molar refractivity (Wildman–Crippen MR) is 110 cm³/mol. The Morgan fingerprint density at radius 3 is 2.75 bits per heavy atom. The first kappa shape index (κ1) is 19.0. The monoisotopic (exact) mass is 397 g/mol. The van der Waals surface area contributed by atoms with Crippen LogP contribution in [-0.2, 0) is 10.5 Å². The van der Waals surface area contributed by atoms with Crippen molar-refractivity contribution < 1.29 is 13.9 Å². The molecule has 7 heteroatoms. The first-order valence-electron chi connectivity index (χ1n) is 9.44. The van der Waals surface area contributed by atoms with Gasteiger partial charge in [-0.2, -0.15) is 0 Å². The van der Waals surface area contributed by atoms with Crippen molar-refractivity contribution >= 4 is 28.8 Å². The van der Waals surface area contributed by atoms with Crippen molar-refractivity contribution in [1.82, 2.24) is 15.2 Å². The van der Waals surface area contributed by atoms with Gasteiger partial charge in [0, 0.05) is 37.5 Å². The van der Waals surface area contributed by atoms with Crippen molar-refractivity contribution in [2.75, 3.05) is 39.4 Å². The normalized spacial score (nSPS) is 15.0. The third-order valence-corrected chi connectivity index (χ3v) is 5.58. The molecule has 0 atom stereocenters. The molecule has 2 heterocycles. The third-order valence-electron chi connectivity index (χ3n) is 4.70. The van der Waals surface area contributed by atoms with Gasteiger partial charge in [0.1, 0.15) is 5.52 Å². The summed E-state index contributed by atoms with van der Waals surface area (Å²) in [5.74, 6) is 0.585. The number of aromatic nitrogens is 1. The number of hydrogen-bond donors (Lipinski definition) is 1. The molecule has 1 N–H and O–H groups in total. The minimum Gasteiger partial charge on any atom is -0.431 e. The van der Waals surface area contributed by atoms with E-state index in [4.69, 9.17) is 9.15 Å². The third kappa shape index (κ3) is 4.73. The maximum absolute atomic E-state index is 12.7. The molecule has 0 saturated carbocycles. The maximum atomic E-state index is 12.7.